The zero-order valence-electron chi connectivity index (χ0n) is 9.55. The molecule has 0 spiro atoms. The number of alkyl halides is 1. The van der Waals surface area contributed by atoms with E-state index in [2.05, 4.69) is 0 Å². The summed E-state index contributed by atoms with van der Waals surface area (Å²) in [6, 6.07) is 9.38. The van der Waals surface area contributed by atoms with Crippen LogP contribution in [0.1, 0.15) is 18.0 Å². The first-order chi connectivity index (χ1) is 8.26. The van der Waals surface area contributed by atoms with Gasteiger partial charge in [-0.05, 0) is 11.5 Å². The largest absolute Gasteiger partial charge is 0.394 e. The van der Waals surface area contributed by atoms with Crippen molar-refractivity contribution in [3.05, 3.63) is 35.9 Å². The highest BCUT2D eigenvalue weighted by Gasteiger charge is 2.34. The van der Waals surface area contributed by atoms with E-state index in [-0.39, 0.29) is 24.5 Å². The standard InChI is InChI=1S/C13H16ClNO2/c14-7-10-6-13(17)15(8-10)12(9-16)11-4-2-1-3-5-11/h1-5,10,12,16H,6-9H2/t10?,12-/m0/s1. The van der Waals surface area contributed by atoms with Crippen molar-refractivity contribution >= 4 is 17.5 Å². The Hall–Kier alpha value is -1.06. The zero-order chi connectivity index (χ0) is 12.3. The fourth-order valence-electron chi connectivity index (χ4n) is 2.27. The number of hydrogen-bond acceptors (Lipinski definition) is 2. The Balaban J connectivity index is 2.17. The van der Waals surface area contributed by atoms with Gasteiger partial charge in [0.2, 0.25) is 5.91 Å². The average molecular weight is 254 g/mol. The highest BCUT2D eigenvalue weighted by molar-refractivity contribution is 6.18. The summed E-state index contributed by atoms with van der Waals surface area (Å²) in [4.78, 5) is 13.6. The smallest absolute Gasteiger partial charge is 0.223 e. The Labute approximate surface area is 106 Å². The molecule has 1 fully saturated rings. The number of nitrogens with zero attached hydrogens (tertiary/aromatic N) is 1. The molecule has 1 N–H and O–H groups in total. The number of aliphatic hydroxyl groups excluding tert-OH is 1. The molecule has 0 aromatic heterocycles. The molecule has 1 aromatic rings. The van der Waals surface area contributed by atoms with Gasteiger partial charge in [0.25, 0.3) is 0 Å². The van der Waals surface area contributed by atoms with E-state index in [4.69, 9.17) is 11.6 Å². The molecule has 1 aliphatic rings. The molecular formula is C13H16ClNO2. The van der Waals surface area contributed by atoms with Crippen LogP contribution in [0.5, 0.6) is 0 Å². The zero-order valence-corrected chi connectivity index (χ0v) is 10.3. The summed E-state index contributed by atoms with van der Waals surface area (Å²) in [5.74, 6) is 0.787. The number of rotatable bonds is 4. The first-order valence-electron chi connectivity index (χ1n) is 5.77. The summed E-state index contributed by atoms with van der Waals surface area (Å²) >= 11 is 5.79. The highest BCUT2D eigenvalue weighted by atomic mass is 35.5. The van der Waals surface area contributed by atoms with Gasteiger partial charge in [-0.3, -0.25) is 4.79 Å². The van der Waals surface area contributed by atoms with Crippen LogP contribution in [0.15, 0.2) is 30.3 Å². The second kappa shape index (κ2) is 5.52. The van der Waals surface area contributed by atoms with Gasteiger partial charge >= 0.3 is 0 Å². The van der Waals surface area contributed by atoms with Crippen molar-refractivity contribution in [3.8, 4) is 0 Å². The maximum Gasteiger partial charge on any atom is 0.223 e. The van der Waals surface area contributed by atoms with Gasteiger partial charge in [0.15, 0.2) is 0 Å². The third-order valence-corrected chi connectivity index (χ3v) is 3.63. The maximum atomic E-state index is 11.9. The van der Waals surface area contributed by atoms with Crippen LogP contribution in [0, 0.1) is 5.92 Å². The van der Waals surface area contributed by atoms with E-state index in [1.807, 2.05) is 30.3 Å². The van der Waals surface area contributed by atoms with Crippen molar-refractivity contribution in [2.24, 2.45) is 5.92 Å². The molecule has 3 nitrogen and oxygen atoms in total. The van der Waals surface area contributed by atoms with Crippen LogP contribution in [-0.2, 0) is 4.79 Å². The molecule has 1 unspecified atom stereocenters. The summed E-state index contributed by atoms with van der Waals surface area (Å²) in [5, 5.41) is 9.49. The molecule has 0 aliphatic carbocycles. The quantitative estimate of drug-likeness (QED) is 0.832. The van der Waals surface area contributed by atoms with E-state index in [0.717, 1.165) is 5.56 Å². The number of carbonyl (C=O) groups is 1. The van der Waals surface area contributed by atoms with Gasteiger partial charge < -0.3 is 10.0 Å². The van der Waals surface area contributed by atoms with Crippen molar-refractivity contribution in [2.75, 3.05) is 19.0 Å². The third-order valence-electron chi connectivity index (χ3n) is 3.19. The SMILES string of the molecule is O=C1CC(CCl)CN1[C@@H](CO)c1ccccc1. The van der Waals surface area contributed by atoms with Gasteiger partial charge in [-0.2, -0.15) is 0 Å². The van der Waals surface area contributed by atoms with Crippen molar-refractivity contribution in [3.63, 3.8) is 0 Å². The number of amides is 1. The van der Waals surface area contributed by atoms with Crippen LogP contribution >= 0.6 is 11.6 Å². The van der Waals surface area contributed by atoms with E-state index in [1.54, 1.807) is 4.90 Å². The lowest BCUT2D eigenvalue weighted by molar-refractivity contribution is -0.130. The van der Waals surface area contributed by atoms with E-state index in [1.165, 1.54) is 0 Å². The van der Waals surface area contributed by atoms with Crippen LogP contribution in [-0.4, -0.2) is 34.9 Å². The minimum atomic E-state index is -0.239. The number of benzene rings is 1. The van der Waals surface area contributed by atoms with E-state index < -0.39 is 0 Å². The lowest BCUT2D eigenvalue weighted by Crippen LogP contribution is -2.32. The Kier molecular flexibility index (Phi) is 4.02. The summed E-state index contributed by atoms with van der Waals surface area (Å²) in [5.41, 5.74) is 0.971. The van der Waals surface area contributed by atoms with Crippen LogP contribution < -0.4 is 0 Å². The average Bonchev–Trinajstić information content (AvgIpc) is 2.73. The number of hydrogen-bond donors (Lipinski definition) is 1. The lowest BCUT2D eigenvalue weighted by atomic mass is 10.1. The van der Waals surface area contributed by atoms with E-state index in [9.17, 15) is 9.90 Å². The molecule has 1 amide bonds. The molecule has 1 saturated heterocycles. The van der Waals surface area contributed by atoms with Crippen LogP contribution in [0.4, 0.5) is 0 Å². The summed E-state index contributed by atoms with van der Waals surface area (Å²) in [7, 11) is 0. The van der Waals surface area contributed by atoms with Crippen molar-refractivity contribution < 1.29 is 9.90 Å². The van der Waals surface area contributed by atoms with Gasteiger partial charge in [-0.25, -0.2) is 0 Å². The predicted octanol–water partition coefficient (Wildman–Crippen LogP) is 1.81. The fourth-order valence-corrected chi connectivity index (χ4v) is 2.48. The molecule has 1 aliphatic heterocycles. The van der Waals surface area contributed by atoms with Crippen molar-refractivity contribution in [1.82, 2.24) is 4.90 Å². The third kappa shape index (κ3) is 2.61. The lowest BCUT2D eigenvalue weighted by Gasteiger charge is -2.26. The Bertz CT molecular complexity index is 382. The normalized spacial score (nSPS) is 21.9. The van der Waals surface area contributed by atoms with Crippen LogP contribution in [0.2, 0.25) is 0 Å². The number of carbonyl (C=O) groups excluding carboxylic acids is 1. The fraction of sp³-hybridized carbons (Fsp3) is 0.462. The van der Waals surface area contributed by atoms with Gasteiger partial charge in [0, 0.05) is 18.8 Å². The van der Waals surface area contributed by atoms with Crippen molar-refractivity contribution in [1.29, 1.82) is 0 Å². The Morgan fingerprint density at radius 2 is 2.12 bits per heavy atom. The number of likely N-dealkylation sites (tertiary alicyclic amines) is 1. The first kappa shape index (κ1) is 12.4. The topological polar surface area (TPSA) is 40.5 Å². The molecule has 1 aromatic carbocycles. The molecule has 4 heteroatoms. The van der Waals surface area contributed by atoms with E-state index in [0.29, 0.717) is 18.8 Å². The molecule has 1 heterocycles. The molecule has 0 saturated carbocycles. The van der Waals surface area contributed by atoms with E-state index >= 15 is 0 Å². The van der Waals surface area contributed by atoms with Gasteiger partial charge in [-0.15, -0.1) is 11.6 Å². The van der Waals surface area contributed by atoms with Crippen molar-refractivity contribution in [2.45, 2.75) is 12.5 Å². The predicted molar refractivity (Wildman–Crippen MR) is 66.8 cm³/mol. The minimum Gasteiger partial charge on any atom is -0.394 e. The molecule has 17 heavy (non-hydrogen) atoms. The monoisotopic (exact) mass is 253 g/mol. The number of aliphatic hydroxyl groups is 1. The molecular weight excluding hydrogens is 238 g/mol. The summed E-state index contributed by atoms with van der Waals surface area (Å²) in [6.07, 6.45) is 0.493. The minimum absolute atomic E-state index is 0.0508. The second-order valence-corrected chi connectivity index (χ2v) is 4.69. The molecule has 0 bridgehead atoms. The second-order valence-electron chi connectivity index (χ2n) is 4.38. The maximum absolute atomic E-state index is 11.9. The molecule has 0 radical (unpaired) electrons. The molecule has 2 atom stereocenters. The Morgan fingerprint density at radius 1 is 1.41 bits per heavy atom. The first-order valence-corrected chi connectivity index (χ1v) is 6.31. The van der Waals surface area contributed by atoms with Gasteiger partial charge in [0.1, 0.15) is 0 Å². The Morgan fingerprint density at radius 3 is 2.65 bits per heavy atom. The van der Waals surface area contributed by atoms with Gasteiger partial charge in [-0.1, -0.05) is 30.3 Å². The molecule has 92 valence electrons. The van der Waals surface area contributed by atoms with Crippen LogP contribution in [0.25, 0.3) is 0 Å². The number of halogens is 1. The summed E-state index contributed by atoms with van der Waals surface area (Å²) in [6.45, 7) is 0.590. The highest BCUT2D eigenvalue weighted by Crippen LogP contribution is 2.28. The molecule has 2 rings (SSSR count). The van der Waals surface area contributed by atoms with Crippen LogP contribution in [0.3, 0.4) is 0 Å². The summed E-state index contributed by atoms with van der Waals surface area (Å²) < 4.78 is 0. The van der Waals surface area contributed by atoms with Gasteiger partial charge in [0.05, 0.1) is 12.6 Å².